The number of para-hydroxylation sites is 4. The molecule has 0 aliphatic heterocycles. The van der Waals surface area contributed by atoms with Crippen LogP contribution in [0.15, 0.2) is 176 Å². The molecule has 5 nitrogen and oxygen atoms in total. The number of benzene rings is 7. The number of imidazole rings is 1. The van der Waals surface area contributed by atoms with Crippen LogP contribution in [0.4, 0.5) is 0 Å². The van der Waals surface area contributed by atoms with Gasteiger partial charge in [0.05, 0.1) is 27.6 Å². The highest BCUT2D eigenvalue weighted by Crippen LogP contribution is 2.41. The molecule has 0 atom stereocenters. The molecule has 0 unspecified atom stereocenters. The standard InChI is InChI=1S/C52H39N5/c1-33-24-27-45-43(30-33)40-26-25-34(31-47(40)57(45)48-32-36(28-29-53-48)52(2,3)35-14-6-4-7-15-35)38-19-13-23-46-50(38)55-51(56(46)37-16-8-5-9-17-37)42-21-12-20-41-39-18-10-11-22-44(39)54-49(41)42/h4-32,54H,1-3H3. The van der Waals surface area contributed by atoms with Gasteiger partial charge in [0.25, 0.3) is 0 Å². The predicted octanol–water partition coefficient (Wildman–Crippen LogP) is 13.1. The highest BCUT2D eigenvalue weighted by atomic mass is 15.1. The highest BCUT2D eigenvalue weighted by Gasteiger charge is 2.25. The summed E-state index contributed by atoms with van der Waals surface area (Å²) in [6, 6.07) is 60.9. The Bertz CT molecular complexity index is 3330. The van der Waals surface area contributed by atoms with Crippen LogP contribution in [0.2, 0.25) is 0 Å². The number of fused-ring (bicyclic) bond motifs is 7. The van der Waals surface area contributed by atoms with E-state index in [0.29, 0.717) is 0 Å². The summed E-state index contributed by atoms with van der Waals surface area (Å²) in [7, 11) is 0. The number of nitrogens with one attached hydrogen (secondary N) is 1. The van der Waals surface area contributed by atoms with Gasteiger partial charge in [-0.05, 0) is 84.3 Å². The Morgan fingerprint density at radius 1 is 0.526 bits per heavy atom. The van der Waals surface area contributed by atoms with Crippen molar-refractivity contribution in [3.8, 4) is 34.0 Å². The van der Waals surface area contributed by atoms with E-state index in [1.165, 1.54) is 38.2 Å². The molecule has 0 aliphatic rings. The lowest BCUT2D eigenvalue weighted by Crippen LogP contribution is -2.19. The van der Waals surface area contributed by atoms with Crippen LogP contribution in [0.25, 0.3) is 88.7 Å². The minimum absolute atomic E-state index is 0.207. The van der Waals surface area contributed by atoms with Gasteiger partial charge in [0, 0.05) is 55.5 Å². The van der Waals surface area contributed by atoms with Crippen molar-refractivity contribution in [2.45, 2.75) is 26.2 Å². The molecule has 0 bridgehead atoms. The molecule has 0 amide bonds. The molecule has 57 heavy (non-hydrogen) atoms. The minimum Gasteiger partial charge on any atom is -0.354 e. The maximum atomic E-state index is 5.56. The Morgan fingerprint density at radius 2 is 1.28 bits per heavy atom. The van der Waals surface area contributed by atoms with E-state index < -0.39 is 0 Å². The second-order valence-corrected chi connectivity index (χ2v) is 15.7. The average Bonchev–Trinajstić information content (AvgIpc) is 3.94. The van der Waals surface area contributed by atoms with E-state index in [-0.39, 0.29) is 5.41 Å². The summed E-state index contributed by atoms with van der Waals surface area (Å²) in [5, 5.41) is 4.81. The Hall–Kier alpha value is -7.24. The van der Waals surface area contributed by atoms with Crippen LogP contribution >= 0.6 is 0 Å². The fraction of sp³-hybridized carbons (Fsp3) is 0.0769. The molecule has 5 heteroatoms. The third kappa shape index (κ3) is 5.16. The molecule has 7 aromatic carbocycles. The fourth-order valence-corrected chi connectivity index (χ4v) is 8.91. The van der Waals surface area contributed by atoms with Crippen molar-refractivity contribution in [1.82, 2.24) is 24.1 Å². The molecule has 0 spiro atoms. The van der Waals surface area contributed by atoms with Crippen LogP contribution in [-0.2, 0) is 5.41 Å². The number of aromatic amines is 1. The van der Waals surface area contributed by atoms with Crippen LogP contribution in [0.5, 0.6) is 0 Å². The van der Waals surface area contributed by atoms with E-state index in [0.717, 1.165) is 67.1 Å². The van der Waals surface area contributed by atoms with Gasteiger partial charge in [0.15, 0.2) is 0 Å². The maximum Gasteiger partial charge on any atom is 0.147 e. The van der Waals surface area contributed by atoms with Crippen molar-refractivity contribution >= 4 is 54.6 Å². The molecular weight excluding hydrogens is 695 g/mol. The number of hydrogen-bond acceptors (Lipinski definition) is 2. The summed E-state index contributed by atoms with van der Waals surface area (Å²) in [4.78, 5) is 14.3. The van der Waals surface area contributed by atoms with Gasteiger partial charge in [-0.2, -0.15) is 0 Å². The number of aromatic nitrogens is 5. The lowest BCUT2D eigenvalue weighted by molar-refractivity contribution is 0.639. The first kappa shape index (κ1) is 33.1. The summed E-state index contributed by atoms with van der Waals surface area (Å²) < 4.78 is 4.64. The zero-order valence-corrected chi connectivity index (χ0v) is 32.0. The maximum absolute atomic E-state index is 5.56. The van der Waals surface area contributed by atoms with Crippen molar-refractivity contribution in [3.05, 3.63) is 193 Å². The number of rotatable bonds is 6. The van der Waals surface area contributed by atoms with Gasteiger partial charge in [0.2, 0.25) is 0 Å². The van der Waals surface area contributed by atoms with Crippen LogP contribution in [0.1, 0.15) is 30.5 Å². The van der Waals surface area contributed by atoms with E-state index in [9.17, 15) is 0 Å². The lowest BCUT2D eigenvalue weighted by atomic mass is 9.78. The molecule has 0 aliphatic carbocycles. The molecule has 272 valence electrons. The van der Waals surface area contributed by atoms with Gasteiger partial charge in [-0.15, -0.1) is 0 Å². The van der Waals surface area contributed by atoms with Crippen LogP contribution < -0.4 is 0 Å². The van der Waals surface area contributed by atoms with E-state index >= 15 is 0 Å². The van der Waals surface area contributed by atoms with E-state index in [1.54, 1.807) is 0 Å². The van der Waals surface area contributed by atoms with Gasteiger partial charge in [0.1, 0.15) is 11.6 Å². The SMILES string of the molecule is Cc1ccc2c(c1)c1ccc(-c3cccc4c3nc(-c3cccc5c3[nH]c3ccccc35)n4-c3ccccc3)cc1n2-c1cc(C(C)(C)c2ccccc2)ccn1. The summed E-state index contributed by atoms with van der Waals surface area (Å²) in [5.41, 5.74) is 14.3. The van der Waals surface area contributed by atoms with Crippen molar-refractivity contribution in [3.63, 3.8) is 0 Å². The Labute approximate surface area is 330 Å². The molecule has 0 saturated heterocycles. The fourth-order valence-electron chi connectivity index (χ4n) is 8.91. The molecule has 11 aromatic rings. The van der Waals surface area contributed by atoms with E-state index in [4.69, 9.17) is 9.97 Å². The first-order chi connectivity index (χ1) is 27.9. The second kappa shape index (κ2) is 12.7. The first-order valence-corrected chi connectivity index (χ1v) is 19.6. The summed E-state index contributed by atoms with van der Waals surface area (Å²) in [6.07, 6.45) is 1.96. The molecular formula is C52H39N5. The van der Waals surface area contributed by atoms with Crippen molar-refractivity contribution < 1.29 is 0 Å². The molecule has 1 N–H and O–H groups in total. The van der Waals surface area contributed by atoms with Crippen molar-refractivity contribution in [1.29, 1.82) is 0 Å². The lowest BCUT2D eigenvalue weighted by Gasteiger charge is -2.26. The Kier molecular flexibility index (Phi) is 7.35. The molecule has 11 rings (SSSR count). The molecule has 0 radical (unpaired) electrons. The van der Waals surface area contributed by atoms with Crippen molar-refractivity contribution in [2.24, 2.45) is 0 Å². The topological polar surface area (TPSA) is 51.4 Å². The molecule has 0 saturated carbocycles. The van der Waals surface area contributed by atoms with Gasteiger partial charge >= 0.3 is 0 Å². The van der Waals surface area contributed by atoms with E-state index in [1.807, 2.05) is 6.20 Å². The van der Waals surface area contributed by atoms with Crippen molar-refractivity contribution in [2.75, 3.05) is 0 Å². The zero-order chi connectivity index (χ0) is 38.3. The summed E-state index contributed by atoms with van der Waals surface area (Å²) >= 11 is 0. The van der Waals surface area contributed by atoms with Gasteiger partial charge in [-0.1, -0.05) is 129 Å². The second-order valence-electron chi connectivity index (χ2n) is 15.7. The van der Waals surface area contributed by atoms with Gasteiger partial charge < -0.3 is 4.98 Å². The third-order valence-electron chi connectivity index (χ3n) is 11.9. The normalized spacial score (nSPS) is 12.1. The first-order valence-electron chi connectivity index (χ1n) is 19.6. The zero-order valence-electron chi connectivity index (χ0n) is 32.0. The largest absolute Gasteiger partial charge is 0.354 e. The van der Waals surface area contributed by atoms with Crippen LogP contribution in [0.3, 0.4) is 0 Å². The number of nitrogens with zero attached hydrogens (tertiary/aromatic N) is 4. The summed E-state index contributed by atoms with van der Waals surface area (Å²) in [6.45, 7) is 6.74. The molecule has 0 fully saturated rings. The van der Waals surface area contributed by atoms with Gasteiger partial charge in [-0.25, -0.2) is 9.97 Å². The Morgan fingerprint density at radius 3 is 2.14 bits per heavy atom. The number of aryl methyl sites for hydroxylation is 1. The number of pyridine rings is 1. The van der Waals surface area contributed by atoms with Gasteiger partial charge in [-0.3, -0.25) is 9.13 Å². The number of hydrogen-bond donors (Lipinski definition) is 1. The minimum atomic E-state index is -0.207. The smallest absolute Gasteiger partial charge is 0.147 e. The molecule has 4 heterocycles. The number of H-pyrrole nitrogens is 1. The van der Waals surface area contributed by atoms with E-state index in [2.05, 4.69) is 205 Å². The third-order valence-corrected chi connectivity index (χ3v) is 11.9. The average molecular weight is 734 g/mol. The van der Waals surface area contributed by atoms with Crippen LogP contribution in [0, 0.1) is 6.92 Å². The quantitative estimate of drug-likeness (QED) is 0.185. The predicted molar refractivity (Wildman–Crippen MR) is 237 cm³/mol. The Balaban J connectivity index is 1.14. The molecule has 4 aromatic heterocycles. The van der Waals surface area contributed by atoms with Crippen LogP contribution in [-0.4, -0.2) is 24.1 Å². The highest BCUT2D eigenvalue weighted by molar-refractivity contribution is 6.13. The summed E-state index contributed by atoms with van der Waals surface area (Å²) in [5.74, 6) is 1.80. The monoisotopic (exact) mass is 733 g/mol.